The zero-order valence-electron chi connectivity index (χ0n) is 10.4. The highest BCUT2D eigenvalue weighted by atomic mass is 19.1. The van der Waals surface area contributed by atoms with E-state index in [0.717, 1.165) is 12.1 Å². The summed E-state index contributed by atoms with van der Waals surface area (Å²) in [6.45, 7) is 0.0237. The number of rotatable bonds is 4. The largest absolute Gasteiger partial charge is 0.478 e. The Morgan fingerprint density at radius 1 is 1.20 bits per heavy atom. The highest BCUT2D eigenvalue weighted by molar-refractivity contribution is 5.95. The first-order valence-electron chi connectivity index (χ1n) is 5.78. The lowest BCUT2D eigenvalue weighted by Gasteiger charge is -2.11. The molecule has 20 heavy (non-hydrogen) atoms. The summed E-state index contributed by atoms with van der Waals surface area (Å²) in [5.41, 5.74) is 6.51. The van der Waals surface area contributed by atoms with Crippen LogP contribution < -0.4 is 11.1 Å². The molecule has 0 heterocycles. The first-order valence-corrected chi connectivity index (χ1v) is 5.78. The van der Waals surface area contributed by atoms with E-state index in [1.54, 1.807) is 0 Å². The van der Waals surface area contributed by atoms with Crippen molar-refractivity contribution in [3.8, 4) is 0 Å². The Morgan fingerprint density at radius 2 is 1.95 bits per heavy atom. The number of hydrogen-bond acceptors (Lipinski definition) is 3. The van der Waals surface area contributed by atoms with E-state index < -0.39 is 17.6 Å². The van der Waals surface area contributed by atoms with Crippen LogP contribution in [0.2, 0.25) is 0 Å². The number of nitrogens with one attached hydrogen (secondary N) is 1. The number of nitrogens with two attached hydrogens (primary N) is 1. The van der Waals surface area contributed by atoms with Crippen molar-refractivity contribution in [2.75, 3.05) is 11.1 Å². The highest BCUT2D eigenvalue weighted by Gasteiger charge is 2.11. The summed E-state index contributed by atoms with van der Waals surface area (Å²) in [4.78, 5) is 11.1. The Kier molecular flexibility index (Phi) is 3.84. The fourth-order valence-electron chi connectivity index (χ4n) is 1.75. The van der Waals surface area contributed by atoms with E-state index in [1.165, 1.54) is 24.3 Å². The Bertz CT molecular complexity index is 660. The van der Waals surface area contributed by atoms with Gasteiger partial charge in [-0.25, -0.2) is 13.6 Å². The SMILES string of the molecule is Nc1ccc(C(=O)O)c(NCc2ccc(F)cc2F)c1. The van der Waals surface area contributed by atoms with Gasteiger partial charge in [-0.3, -0.25) is 0 Å². The summed E-state index contributed by atoms with van der Waals surface area (Å²) in [5, 5.41) is 11.8. The quantitative estimate of drug-likeness (QED) is 0.752. The van der Waals surface area contributed by atoms with Gasteiger partial charge in [-0.15, -0.1) is 0 Å². The molecule has 0 aliphatic rings. The van der Waals surface area contributed by atoms with Crippen LogP contribution in [0, 0.1) is 11.6 Å². The Balaban J connectivity index is 2.22. The van der Waals surface area contributed by atoms with Crippen LogP contribution >= 0.6 is 0 Å². The van der Waals surface area contributed by atoms with Crippen molar-refractivity contribution in [2.45, 2.75) is 6.54 Å². The van der Waals surface area contributed by atoms with Crippen molar-refractivity contribution in [2.24, 2.45) is 0 Å². The summed E-state index contributed by atoms with van der Waals surface area (Å²) >= 11 is 0. The van der Waals surface area contributed by atoms with Gasteiger partial charge in [0, 0.05) is 23.9 Å². The standard InChI is InChI=1S/C14H12F2N2O2/c15-9-2-1-8(12(16)5-9)7-18-13-6-10(17)3-4-11(13)14(19)20/h1-6,18H,7,17H2,(H,19,20). The maximum absolute atomic E-state index is 13.5. The van der Waals surface area contributed by atoms with Crippen molar-refractivity contribution < 1.29 is 18.7 Å². The number of carboxylic acid groups (broad SMARTS) is 1. The van der Waals surface area contributed by atoms with Crippen LogP contribution in [0.25, 0.3) is 0 Å². The lowest BCUT2D eigenvalue weighted by Crippen LogP contribution is -2.08. The van der Waals surface area contributed by atoms with Gasteiger partial charge in [0.15, 0.2) is 0 Å². The van der Waals surface area contributed by atoms with E-state index >= 15 is 0 Å². The lowest BCUT2D eigenvalue weighted by atomic mass is 10.1. The third-order valence-electron chi connectivity index (χ3n) is 2.76. The predicted octanol–water partition coefficient (Wildman–Crippen LogP) is 2.86. The van der Waals surface area contributed by atoms with Crippen molar-refractivity contribution >= 4 is 17.3 Å². The molecule has 0 aliphatic heterocycles. The molecule has 0 amide bonds. The average molecular weight is 278 g/mol. The monoisotopic (exact) mass is 278 g/mol. The normalized spacial score (nSPS) is 10.3. The van der Waals surface area contributed by atoms with E-state index in [4.69, 9.17) is 10.8 Å². The molecule has 2 rings (SSSR count). The molecule has 0 saturated heterocycles. The number of anilines is 2. The topological polar surface area (TPSA) is 75.4 Å². The molecule has 2 aromatic carbocycles. The number of nitrogen functional groups attached to an aromatic ring is 1. The molecule has 0 atom stereocenters. The summed E-state index contributed by atoms with van der Waals surface area (Å²) in [6, 6.07) is 7.48. The number of hydrogen-bond donors (Lipinski definition) is 3. The highest BCUT2D eigenvalue weighted by Crippen LogP contribution is 2.21. The molecule has 0 radical (unpaired) electrons. The van der Waals surface area contributed by atoms with Gasteiger partial charge in [0.2, 0.25) is 0 Å². The molecule has 0 bridgehead atoms. The third-order valence-corrected chi connectivity index (χ3v) is 2.76. The maximum Gasteiger partial charge on any atom is 0.337 e. The minimum absolute atomic E-state index is 0.0237. The Labute approximate surface area is 113 Å². The van der Waals surface area contributed by atoms with Gasteiger partial charge in [-0.05, 0) is 24.3 Å². The Morgan fingerprint density at radius 3 is 2.60 bits per heavy atom. The molecule has 0 aliphatic carbocycles. The second-order valence-corrected chi connectivity index (χ2v) is 4.20. The maximum atomic E-state index is 13.5. The number of benzene rings is 2. The van der Waals surface area contributed by atoms with Crippen LogP contribution in [0.4, 0.5) is 20.2 Å². The van der Waals surface area contributed by atoms with Gasteiger partial charge in [-0.2, -0.15) is 0 Å². The van der Waals surface area contributed by atoms with Gasteiger partial charge >= 0.3 is 5.97 Å². The molecule has 0 spiro atoms. The molecule has 6 heteroatoms. The minimum atomic E-state index is -1.12. The Hall–Kier alpha value is -2.63. The van der Waals surface area contributed by atoms with Crippen LogP contribution in [-0.2, 0) is 6.54 Å². The number of carboxylic acids is 1. The van der Waals surface area contributed by atoms with Gasteiger partial charge in [-0.1, -0.05) is 6.07 Å². The van der Waals surface area contributed by atoms with Crippen LogP contribution in [0.15, 0.2) is 36.4 Å². The van der Waals surface area contributed by atoms with Crippen molar-refractivity contribution in [1.82, 2.24) is 0 Å². The number of carbonyl (C=O) groups is 1. The molecule has 4 nitrogen and oxygen atoms in total. The van der Waals surface area contributed by atoms with Gasteiger partial charge in [0.05, 0.1) is 11.3 Å². The molecule has 4 N–H and O–H groups in total. The molecule has 0 fully saturated rings. The van der Waals surface area contributed by atoms with Crippen molar-refractivity contribution in [1.29, 1.82) is 0 Å². The van der Waals surface area contributed by atoms with E-state index in [1.807, 2.05) is 0 Å². The fraction of sp³-hybridized carbons (Fsp3) is 0.0714. The number of aromatic carboxylic acids is 1. The van der Waals surface area contributed by atoms with Crippen molar-refractivity contribution in [3.63, 3.8) is 0 Å². The van der Waals surface area contributed by atoms with Crippen LogP contribution in [0.3, 0.4) is 0 Å². The summed E-state index contributed by atoms with van der Waals surface area (Å²) in [6.07, 6.45) is 0. The second-order valence-electron chi connectivity index (χ2n) is 4.20. The van der Waals surface area contributed by atoms with Gasteiger partial charge in [0.25, 0.3) is 0 Å². The van der Waals surface area contributed by atoms with Crippen LogP contribution in [0.1, 0.15) is 15.9 Å². The van der Waals surface area contributed by atoms with Crippen LogP contribution in [0.5, 0.6) is 0 Å². The van der Waals surface area contributed by atoms with E-state index in [9.17, 15) is 13.6 Å². The van der Waals surface area contributed by atoms with Crippen LogP contribution in [-0.4, -0.2) is 11.1 Å². The smallest absolute Gasteiger partial charge is 0.337 e. The molecular weight excluding hydrogens is 266 g/mol. The zero-order chi connectivity index (χ0) is 14.7. The van der Waals surface area contributed by atoms with Gasteiger partial charge < -0.3 is 16.2 Å². The third kappa shape index (κ3) is 3.03. The summed E-state index contributed by atoms with van der Waals surface area (Å²) < 4.78 is 26.2. The summed E-state index contributed by atoms with van der Waals surface area (Å²) in [7, 11) is 0. The molecule has 0 saturated carbocycles. The summed E-state index contributed by atoms with van der Waals surface area (Å²) in [5.74, 6) is -2.48. The average Bonchev–Trinajstić information content (AvgIpc) is 2.37. The molecule has 0 unspecified atom stereocenters. The number of halogens is 2. The molecule has 104 valence electrons. The van der Waals surface area contributed by atoms with Crippen molar-refractivity contribution in [3.05, 3.63) is 59.2 Å². The molecule has 0 aromatic heterocycles. The second kappa shape index (κ2) is 5.56. The minimum Gasteiger partial charge on any atom is -0.478 e. The molecule has 2 aromatic rings. The zero-order valence-corrected chi connectivity index (χ0v) is 10.4. The molecular formula is C14H12F2N2O2. The lowest BCUT2D eigenvalue weighted by molar-refractivity contribution is 0.0698. The predicted molar refractivity (Wildman–Crippen MR) is 71.5 cm³/mol. The van der Waals surface area contributed by atoms with Gasteiger partial charge in [0.1, 0.15) is 11.6 Å². The fourth-order valence-corrected chi connectivity index (χ4v) is 1.75. The van der Waals surface area contributed by atoms with E-state index in [2.05, 4.69) is 5.32 Å². The first-order chi connectivity index (χ1) is 9.47. The van der Waals surface area contributed by atoms with E-state index in [0.29, 0.717) is 5.69 Å². The van der Waals surface area contributed by atoms with E-state index in [-0.39, 0.29) is 23.4 Å². The first kappa shape index (κ1) is 13.8.